The summed E-state index contributed by atoms with van der Waals surface area (Å²) in [6, 6.07) is 16.0. The molecule has 0 aliphatic carbocycles. The van der Waals surface area contributed by atoms with Gasteiger partial charge in [0.1, 0.15) is 11.4 Å². The van der Waals surface area contributed by atoms with E-state index in [0.29, 0.717) is 16.5 Å². The summed E-state index contributed by atoms with van der Waals surface area (Å²) in [5.41, 5.74) is 0.853. The molecule has 0 saturated carbocycles. The molecular weight excluding hydrogens is 322 g/mol. The van der Waals surface area contributed by atoms with Crippen molar-refractivity contribution in [3.05, 3.63) is 60.7 Å². The van der Waals surface area contributed by atoms with E-state index in [-0.39, 0.29) is 16.3 Å². The van der Waals surface area contributed by atoms with Crippen molar-refractivity contribution >= 4 is 32.3 Å². The standard InChI is InChI=1S/C16H12N2O4S/c19-15-9-6-11-10-13(23(20,21)22)7-8-14(11)16(15)18-17-12-4-2-1-3-5-12/h1-10,19H,(H,20,21,22)/i1+1,2+1,3+1,4+1,5+1,12+1. The summed E-state index contributed by atoms with van der Waals surface area (Å²) in [5, 5.41) is 19.1. The Bertz CT molecular complexity index is 999. The van der Waals surface area contributed by atoms with Crippen LogP contribution in [0.4, 0.5) is 11.4 Å². The number of phenolic OH excluding ortho intramolecular Hbond substituents is 1. The fraction of sp³-hybridized carbons (Fsp3) is 0. The van der Waals surface area contributed by atoms with Gasteiger partial charge in [0, 0.05) is 5.39 Å². The molecule has 0 aliphatic rings. The van der Waals surface area contributed by atoms with E-state index in [2.05, 4.69) is 10.2 Å². The van der Waals surface area contributed by atoms with Crippen LogP contribution in [-0.4, -0.2) is 18.1 Å². The van der Waals surface area contributed by atoms with Gasteiger partial charge in [0.15, 0.2) is 0 Å². The summed E-state index contributed by atoms with van der Waals surface area (Å²) in [5.74, 6) is -0.0724. The van der Waals surface area contributed by atoms with Crippen LogP contribution in [0.3, 0.4) is 0 Å². The zero-order valence-corrected chi connectivity index (χ0v) is 12.6. The molecule has 7 heteroatoms. The fourth-order valence-corrected chi connectivity index (χ4v) is 2.66. The van der Waals surface area contributed by atoms with E-state index < -0.39 is 10.1 Å². The Hall–Kier alpha value is -2.77. The minimum Gasteiger partial charge on any atom is -0.506 e. The molecule has 0 aromatic heterocycles. The highest BCUT2D eigenvalue weighted by atomic mass is 32.2. The Kier molecular flexibility index (Phi) is 3.81. The van der Waals surface area contributed by atoms with Crippen molar-refractivity contribution < 1.29 is 18.1 Å². The Balaban J connectivity index is 2.13. The van der Waals surface area contributed by atoms with Crippen molar-refractivity contribution in [1.82, 2.24) is 0 Å². The SMILES string of the molecule is O=S(=O)(O)c1ccc2c(N=N[13c]3[13cH][13cH][13cH][13cH][13cH]3)c(O)ccc2c1. The molecule has 0 aliphatic heterocycles. The molecular formula is C16H12N2O4S. The maximum atomic E-state index is 11.2. The summed E-state index contributed by atoms with van der Waals surface area (Å²) < 4.78 is 31.5. The predicted octanol–water partition coefficient (Wildman–Crippen LogP) is 4.21. The van der Waals surface area contributed by atoms with Gasteiger partial charge in [-0.25, -0.2) is 0 Å². The average molecular weight is 334 g/mol. The van der Waals surface area contributed by atoms with E-state index in [4.69, 9.17) is 4.55 Å². The third kappa shape index (κ3) is 3.20. The molecule has 0 saturated heterocycles. The average Bonchev–Trinajstić information content (AvgIpc) is 2.53. The van der Waals surface area contributed by atoms with Gasteiger partial charge in [0.05, 0.1) is 10.6 Å². The van der Waals surface area contributed by atoms with Crippen molar-refractivity contribution in [3.63, 3.8) is 0 Å². The first kappa shape index (κ1) is 15.1. The molecule has 0 atom stereocenters. The Labute approximate surface area is 132 Å². The van der Waals surface area contributed by atoms with E-state index in [1.807, 2.05) is 18.2 Å². The van der Waals surface area contributed by atoms with Crippen molar-refractivity contribution in [1.29, 1.82) is 0 Å². The van der Waals surface area contributed by atoms with Crippen LogP contribution in [0.15, 0.2) is 75.8 Å². The molecule has 23 heavy (non-hydrogen) atoms. The number of aromatic hydroxyl groups is 1. The summed E-state index contributed by atoms with van der Waals surface area (Å²) >= 11 is 0. The summed E-state index contributed by atoms with van der Waals surface area (Å²) in [4.78, 5) is -0.221. The van der Waals surface area contributed by atoms with Gasteiger partial charge >= 0.3 is 0 Å². The molecule has 3 aromatic carbocycles. The van der Waals surface area contributed by atoms with Crippen molar-refractivity contribution in [2.24, 2.45) is 10.2 Å². The third-order valence-corrected chi connectivity index (χ3v) is 4.11. The number of nitrogens with zero attached hydrogens (tertiary/aromatic N) is 2. The molecule has 3 aromatic rings. The van der Waals surface area contributed by atoms with Gasteiger partial charge in [0.2, 0.25) is 0 Å². The Morgan fingerprint density at radius 3 is 2.30 bits per heavy atom. The summed E-state index contributed by atoms with van der Waals surface area (Å²) in [7, 11) is -4.29. The zero-order chi connectivity index (χ0) is 16.4. The minimum absolute atomic E-state index is 0.0724. The third-order valence-electron chi connectivity index (χ3n) is 3.26. The van der Waals surface area contributed by atoms with Gasteiger partial charge in [0.25, 0.3) is 10.1 Å². The number of azo groups is 1. The van der Waals surface area contributed by atoms with E-state index in [0.717, 1.165) is 0 Å². The molecule has 0 amide bonds. The van der Waals surface area contributed by atoms with Crippen LogP contribution in [0.5, 0.6) is 5.75 Å². The lowest BCUT2D eigenvalue weighted by Crippen LogP contribution is -1.97. The lowest BCUT2D eigenvalue weighted by atomic mass is 10.1. The van der Waals surface area contributed by atoms with E-state index >= 15 is 0 Å². The second-order valence-corrected chi connectivity index (χ2v) is 6.25. The highest BCUT2D eigenvalue weighted by Crippen LogP contribution is 2.36. The van der Waals surface area contributed by atoms with Crippen LogP contribution in [0.1, 0.15) is 0 Å². The van der Waals surface area contributed by atoms with E-state index in [9.17, 15) is 13.5 Å². The second-order valence-electron chi connectivity index (χ2n) is 4.83. The molecule has 3 rings (SSSR count). The number of benzene rings is 3. The fourth-order valence-electron chi connectivity index (χ4n) is 2.15. The van der Waals surface area contributed by atoms with Crippen LogP contribution in [0.25, 0.3) is 10.8 Å². The van der Waals surface area contributed by atoms with Crippen molar-refractivity contribution in [3.8, 4) is 5.75 Å². The van der Waals surface area contributed by atoms with Crippen LogP contribution in [0, 0.1) is 0 Å². The molecule has 6 nitrogen and oxygen atoms in total. The molecule has 0 unspecified atom stereocenters. The molecule has 0 heterocycles. The van der Waals surface area contributed by atoms with Gasteiger partial charge in [-0.05, 0) is 35.7 Å². The lowest BCUT2D eigenvalue weighted by Gasteiger charge is -2.05. The maximum absolute atomic E-state index is 11.2. The highest BCUT2D eigenvalue weighted by Gasteiger charge is 2.13. The lowest BCUT2D eigenvalue weighted by molar-refractivity contribution is 0.477. The smallest absolute Gasteiger partial charge is 0.294 e. The minimum atomic E-state index is -4.29. The number of hydrogen-bond acceptors (Lipinski definition) is 5. The van der Waals surface area contributed by atoms with Crippen LogP contribution >= 0.6 is 0 Å². The molecule has 0 fully saturated rings. The Morgan fingerprint density at radius 2 is 1.61 bits per heavy atom. The van der Waals surface area contributed by atoms with Crippen LogP contribution in [0.2, 0.25) is 0 Å². The van der Waals surface area contributed by atoms with E-state index in [1.54, 1.807) is 18.2 Å². The normalized spacial score (nSPS) is 12.0. The predicted molar refractivity (Wildman–Crippen MR) is 86.0 cm³/mol. The summed E-state index contributed by atoms with van der Waals surface area (Å²) in [6.45, 7) is 0. The topological polar surface area (TPSA) is 99.3 Å². The number of fused-ring (bicyclic) bond motifs is 1. The number of phenols is 1. The molecule has 2 N–H and O–H groups in total. The van der Waals surface area contributed by atoms with Gasteiger partial charge in [-0.1, -0.05) is 30.3 Å². The molecule has 116 valence electrons. The van der Waals surface area contributed by atoms with Gasteiger partial charge in [-0.3, -0.25) is 4.55 Å². The summed E-state index contributed by atoms with van der Waals surface area (Å²) in [6.07, 6.45) is 0. The van der Waals surface area contributed by atoms with Crippen molar-refractivity contribution in [2.45, 2.75) is 4.90 Å². The maximum Gasteiger partial charge on any atom is 0.294 e. The first-order chi connectivity index (χ1) is 10.9. The van der Waals surface area contributed by atoms with Gasteiger partial charge in [-0.15, -0.1) is 5.11 Å². The van der Waals surface area contributed by atoms with Crippen LogP contribution < -0.4 is 0 Å². The monoisotopic (exact) mass is 334 g/mol. The van der Waals surface area contributed by atoms with Gasteiger partial charge in [-0.2, -0.15) is 13.5 Å². The first-order valence-corrected chi connectivity index (χ1v) is 8.09. The Morgan fingerprint density at radius 1 is 0.870 bits per heavy atom. The number of rotatable bonds is 3. The number of hydrogen-bond donors (Lipinski definition) is 2. The van der Waals surface area contributed by atoms with Crippen molar-refractivity contribution in [2.75, 3.05) is 0 Å². The molecule has 0 radical (unpaired) electrons. The molecule has 0 bridgehead atoms. The van der Waals surface area contributed by atoms with Crippen LogP contribution in [-0.2, 0) is 10.1 Å². The highest BCUT2D eigenvalue weighted by molar-refractivity contribution is 7.85. The van der Waals surface area contributed by atoms with Gasteiger partial charge < -0.3 is 5.11 Å². The second kappa shape index (κ2) is 5.79. The molecule has 0 spiro atoms. The first-order valence-electron chi connectivity index (χ1n) is 6.65. The largest absolute Gasteiger partial charge is 0.506 e. The quantitative estimate of drug-likeness (QED) is 0.553. The zero-order valence-electron chi connectivity index (χ0n) is 11.8. The van der Waals surface area contributed by atoms with E-state index in [1.165, 1.54) is 24.3 Å².